The highest BCUT2D eigenvalue weighted by atomic mass is 35.5. The van der Waals surface area contributed by atoms with Gasteiger partial charge in [-0.2, -0.15) is 5.10 Å². The van der Waals surface area contributed by atoms with Gasteiger partial charge in [0.25, 0.3) is 0 Å². The summed E-state index contributed by atoms with van der Waals surface area (Å²) in [4.78, 5) is 0. The SMILES string of the molecule is CNC(Cc1cccc(Cl)c1)Cc1cnn(C)c1. The minimum atomic E-state index is 0.396. The van der Waals surface area contributed by atoms with Crippen LogP contribution in [0.4, 0.5) is 0 Å². The second-order valence-electron chi connectivity index (χ2n) is 4.55. The molecule has 18 heavy (non-hydrogen) atoms. The maximum atomic E-state index is 6.00. The summed E-state index contributed by atoms with van der Waals surface area (Å²) in [6.45, 7) is 0. The lowest BCUT2D eigenvalue weighted by molar-refractivity contribution is 0.556. The zero-order chi connectivity index (χ0) is 13.0. The van der Waals surface area contributed by atoms with Crippen molar-refractivity contribution in [1.82, 2.24) is 15.1 Å². The minimum absolute atomic E-state index is 0.396. The number of rotatable bonds is 5. The van der Waals surface area contributed by atoms with Gasteiger partial charge in [0.1, 0.15) is 0 Å². The van der Waals surface area contributed by atoms with Crippen LogP contribution in [-0.4, -0.2) is 22.9 Å². The van der Waals surface area contributed by atoms with Crippen LogP contribution < -0.4 is 5.32 Å². The van der Waals surface area contributed by atoms with E-state index in [4.69, 9.17) is 11.6 Å². The van der Waals surface area contributed by atoms with Crippen LogP contribution in [0.25, 0.3) is 0 Å². The quantitative estimate of drug-likeness (QED) is 0.898. The zero-order valence-corrected chi connectivity index (χ0v) is 11.5. The number of aryl methyl sites for hydroxylation is 1. The van der Waals surface area contributed by atoms with Crippen LogP contribution in [-0.2, 0) is 19.9 Å². The van der Waals surface area contributed by atoms with E-state index >= 15 is 0 Å². The topological polar surface area (TPSA) is 29.9 Å². The lowest BCUT2D eigenvalue weighted by Gasteiger charge is -2.15. The monoisotopic (exact) mass is 263 g/mol. The molecule has 0 radical (unpaired) electrons. The van der Waals surface area contributed by atoms with E-state index in [-0.39, 0.29) is 0 Å². The molecule has 4 heteroatoms. The molecule has 0 fully saturated rings. The molecule has 1 unspecified atom stereocenters. The van der Waals surface area contributed by atoms with Gasteiger partial charge in [-0.05, 0) is 43.1 Å². The van der Waals surface area contributed by atoms with Crippen molar-refractivity contribution in [2.45, 2.75) is 18.9 Å². The molecule has 0 aliphatic carbocycles. The predicted octanol–water partition coefficient (Wildman–Crippen LogP) is 2.45. The van der Waals surface area contributed by atoms with E-state index in [0.717, 1.165) is 17.9 Å². The lowest BCUT2D eigenvalue weighted by Crippen LogP contribution is -2.29. The number of halogens is 1. The predicted molar refractivity (Wildman–Crippen MR) is 74.9 cm³/mol. The third-order valence-corrected chi connectivity index (χ3v) is 3.25. The molecule has 1 N–H and O–H groups in total. The van der Waals surface area contributed by atoms with Crippen molar-refractivity contribution >= 4 is 11.6 Å². The second-order valence-corrected chi connectivity index (χ2v) is 4.98. The van der Waals surface area contributed by atoms with E-state index in [0.29, 0.717) is 6.04 Å². The van der Waals surface area contributed by atoms with E-state index in [1.165, 1.54) is 11.1 Å². The highest BCUT2D eigenvalue weighted by Crippen LogP contribution is 2.13. The molecule has 1 aromatic carbocycles. The van der Waals surface area contributed by atoms with Crippen molar-refractivity contribution in [3.8, 4) is 0 Å². The summed E-state index contributed by atoms with van der Waals surface area (Å²) in [6, 6.07) is 8.43. The molecule has 0 aliphatic rings. The summed E-state index contributed by atoms with van der Waals surface area (Å²) in [5.41, 5.74) is 2.50. The van der Waals surface area contributed by atoms with Gasteiger partial charge in [0.2, 0.25) is 0 Å². The van der Waals surface area contributed by atoms with Crippen LogP contribution in [0.2, 0.25) is 5.02 Å². The molecule has 0 bridgehead atoms. The molecule has 0 saturated heterocycles. The molecular weight excluding hydrogens is 246 g/mol. The Morgan fingerprint density at radius 2 is 2.11 bits per heavy atom. The second kappa shape index (κ2) is 6.03. The summed E-state index contributed by atoms with van der Waals surface area (Å²) in [7, 11) is 3.93. The summed E-state index contributed by atoms with van der Waals surface area (Å²) in [5, 5.41) is 8.34. The molecular formula is C14H18ClN3. The standard InChI is InChI=1S/C14H18ClN3/c1-16-14(8-12-9-17-18(2)10-12)7-11-4-3-5-13(15)6-11/h3-6,9-10,14,16H,7-8H2,1-2H3. The van der Waals surface area contributed by atoms with Gasteiger partial charge < -0.3 is 5.32 Å². The Hall–Kier alpha value is -1.32. The number of benzene rings is 1. The largest absolute Gasteiger partial charge is 0.316 e. The minimum Gasteiger partial charge on any atom is -0.316 e. The maximum absolute atomic E-state index is 6.00. The summed E-state index contributed by atoms with van der Waals surface area (Å²) in [6.07, 6.45) is 5.91. The van der Waals surface area contributed by atoms with Gasteiger partial charge in [0.15, 0.2) is 0 Å². The maximum Gasteiger partial charge on any atom is 0.0522 e. The highest BCUT2D eigenvalue weighted by molar-refractivity contribution is 6.30. The Bertz CT molecular complexity index is 507. The molecule has 1 heterocycles. The smallest absolute Gasteiger partial charge is 0.0522 e. The molecule has 3 nitrogen and oxygen atoms in total. The van der Waals surface area contributed by atoms with Gasteiger partial charge in [0, 0.05) is 24.3 Å². The van der Waals surface area contributed by atoms with Crippen LogP contribution in [0.1, 0.15) is 11.1 Å². The molecule has 1 aromatic heterocycles. The van der Waals surface area contributed by atoms with Crippen LogP contribution in [0.15, 0.2) is 36.7 Å². The fourth-order valence-electron chi connectivity index (χ4n) is 2.09. The Balaban J connectivity index is 2.01. The van der Waals surface area contributed by atoms with Crippen LogP contribution in [0.3, 0.4) is 0 Å². The number of nitrogens with zero attached hydrogens (tertiary/aromatic N) is 2. The number of hydrogen-bond acceptors (Lipinski definition) is 2. The Kier molecular flexibility index (Phi) is 4.39. The molecule has 2 aromatic rings. The van der Waals surface area contributed by atoms with Crippen LogP contribution in [0, 0.1) is 0 Å². The fraction of sp³-hybridized carbons (Fsp3) is 0.357. The molecule has 0 aliphatic heterocycles. The Labute approximate surface area is 113 Å². The van der Waals surface area contributed by atoms with Gasteiger partial charge in [-0.25, -0.2) is 0 Å². The molecule has 0 spiro atoms. The number of nitrogens with one attached hydrogen (secondary N) is 1. The number of hydrogen-bond donors (Lipinski definition) is 1. The van der Waals surface area contributed by atoms with Gasteiger partial charge in [-0.15, -0.1) is 0 Å². The van der Waals surface area contributed by atoms with Crippen LogP contribution >= 0.6 is 11.6 Å². The Morgan fingerprint density at radius 3 is 2.72 bits per heavy atom. The van der Waals surface area contributed by atoms with E-state index in [1.807, 2.05) is 43.2 Å². The Morgan fingerprint density at radius 1 is 1.33 bits per heavy atom. The van der Waals surface area contributed by atoms with Crippen molar-refractivity contribution in [3.05, 3.63) is 52.8 Å². The van der Waals surface area contributed by atoms with E-state index in [2.05, 4.69) is 22.7 Å². The van der Waals surface area contributed by atoms with Crippen molar-refractivity contribution in [2.75, 3.05) is 7.05 Å². The van der Waals surface area contributed by atoms with Gasteiger partial charge in [0.05, 0.1) is 6.20 Å². The van der Waals surface area contributed by atoms with Gasteiger partial charge in [-0.1, -0.05) is 23.7 Å². The van der Waals surface area contributed by atoms with Crippen molar-refractivity contribution < 1.29 is 0 Å². The number of aromatic nitrogens is 2. The molecule has 1 atom stereocenters. The van der Waals surface area contributed by atoms with E-state index in [9.17, 15) is 0 Å². The highest BCUT2D eigenvalue weighted by Gasteiger charge is 2.09. The first-order valence-corrected chi connectivity index (χ1v) is 6.44. The van der Waals surface area contributed by atoms with E-state index < -0.39 is 0 Å². The van der Waals surface area contributed by atoms with Crippen molar-refractivity contribution in [1.29, 1.82) is 0 Å². The average molecular weight is 264 g/mol. The molecule has 2 rings (SSSR count). The van der Waals surface area contributed by atoms with E-state index in [1.54, 1.807) is 0 Å². The lowest BCUT2D eigenvalue weighted by atomic mass is 10.0. The van der Waals surface area contributed by atoms with Crippen molar-refractivity contribution in [3.63, 3.8) is 0 Å². The first kappa shape index (κ1) is 13.1. The summed E-state index contributed by atoms with van der Waals surface area (Å²) in [5.74, 6) is 0. The summed E-state index contributed by atoms with van der Waals surface area (Å²) < 4.78 is 1.83. The molecule has 0 amide bonds. The third-order valence-electron chi connectivity index (χ3n) is 3.02. The first-order chi connectivity index (χ1) is 8.67. The van der Waals surface area contributed by atoms with Gasteiger partial charge >= 0.3 is 0 Å². The zero-order valence-electron chi connectivity index (χ0n) is 10.7. The first-order valence-electron chi connectivity index (χ1n) is 6.06. The average Bonchev–Trinajstić information content (AvgIpc) is 2.74. The van der Waals surface area contributed by atoms with Crippen LogP contribution in [0.5, 0.6) is 0 Å². The molecule has 96 valence electrons. The molecule has 0 saturated carbocycles. The summed E-state index contributed by atoms with van der Waals surface area (Å²) >= 11 is 6.00. The van der Waals surface area contributed by atoms with Crippen molar-refractivity contribution in [2.24, 2.45) is 7.05 Å². The third kappa shape index (κ3) is 3.59. The number of likely N-dealkylation sites (N-methyl/N-ethyl adjacent to an activating group) is 1. The van der Waals surface area contributed by atoms with Gasteiger partial charge in [-0.3, -0.25) is 4.68 Å². The fourth-order valence-corrected chi connectivity index (χ4v) is 2.30. The normalized spacial score (nSPS) is 12.6.